The summed E-state index contributed by atoms with van der Waals surface area (Å²) in [6.45, 7) is 4.46. The van der Waals surface area contributed by atoms with Crippen molar-refractivity contribution in [3.63, 3.8) is 0 Å². The van der Waals surface area contributed by atoms with Crippen LogP contribution in [0.15, 0.2) is 29.3 Å². The second kappa shape index (κ2) is 5.82. The summed E-state index contributed by atoms with van der Waals surface area (Å²) in [5.74, 6) is 0. The molecule has 4 N–H and O–H groups in total. The van der Waals surface area contributed by atoms with Crippen molar-refractivity contribution in [2.45, 2.75) is 24.8 Å². The van der Waals surface area contributed by atoms with Crippen LogP contribution in [0.2, 0.25) is 0 Å². The minimum absolute atomic E-state index is 0.176. The SMILES string of the molecule is CCOC(C)CNS(=O)(=O)c1c[nH]c2ccc(N)cc12. The molecule has 0 saturated carbocycles. The van der Waals surface area contributed by atoms with E-state index in [0.717, 1.165) is 5.52 Å². The minimum atomic E-state index is -3.59. The maximum absolute atomic E-state index is 12.3. The van der Waals surface area contributed by atoms with E-state index in [1.165, 1.54) is 6.20 Å². The van der Waals surface area contributed by atoms with Crippen LogP contribution in [0, 0.1) is 0 Å². The lowest BCUT2D eigenvalue weighted by molar-refractivity contribution is 0.0799. The van der Waals surface area contributed by atoms with Gasteiger partial charge in [0.05, 0.1) is 6.10 Å². The van der Waals surface area contributed by atoms with Gasteiger partial charge in [0.1, 0.15) is 4.90 Å². The number of sulfonamides is 1. The van der Waals surface area contributed by atoms with Crippen molar-refractivity contribution >= 4 is 26.6 Å². The van der Waals surface area contributed by atoms with Gasteiger partial charge in [0.15, 0.2) is 0 Å². The number of H-pyrrole nitrogens is 1. The summed E-state index contributed by atoms with van der Waals surface area (Å²) in [5.41, 5.74) is 6.97. The van der Waals surface area contributed by atoms with Crippen molar-refractivity contribution in [2.75, 3.05) is 18.9 Å². The standard InChI is InChI=1S/C13H19N3O3S/c1-3-19-9(2)7-16-20(17,18)13-8-15-12-5-4-10(14)6-11(12)13/h4-6,8-9,15-16H,3,7,14H2,1-2H3. The molecule has 110 valence electrons. The number of ether oxygens (including phenoxy) is 1. The number of rotatable bonds is 6. The molecular formula is C13H19N3O3S. The zero-order chi connectivity index (χ0) is 14.8. The van der Waals surface area contributed by atoms with Crippen molar-refractivity contribution < 1.29 is 13.2 Å². The molecule has 20 heavy (non-hydrogen) atoms. The Morgan fingerprint density at radius 1 is 1.45 bits per heavy atom. The summed E-state index contributed by atoms with van der Waals surface area (Å²) in [6.07, 6.45) is 1.29. The summed E-state index contributed by atoms with van der Waals surface area (Å²) in [4.78, 5) is 3.13. The van der Waals surface area contributed by atoms with E-state index in [4.69, 9.17) is 10.5 Å². The van der Waals surface area contributed by atoms with Crippen LogP contribution in [0.3, 0.4) is 0 Å². The number of benzene rings is 1. The Balaban J connectivity index is 2.25. The molecule has 7 heteroatoms. The molecular weight excluding hydrogens is 278 g/mol. The maximum Gasteiger partial charge on any atom is 0.242 e. The van der Waals surface area contributed by atoms with E-state index in [9.17, 15) is 8.42 Å². The number of aromatic nitrogens is 1. The predicted octanol–water partition coefficient (Wildman–Crippen LogP) is 1.45. The number of fused-ring (bicyclic) bond motifs is 1. The topological polar surface area (TPSA) is 97.2 Å². The zero-order valence-corrected chi connectivity index (χ0v) is 12.3. The fourth-order valence-electron chi connectivity index (χ4n) is 1.98. The van der Waals surface area contributed by atoms with Crippen molar-refractivity contribution in [2.24, 2.45) is 0 Å². The molecule has 0 saturated heterocycles. The Labute approximate surface area is 118 Å². The van der Waals surface area contributed by atoms with Gasteiger partial charge in [-0.25, -0.2) is 13.1 Å². The molecule has 0 radical (unpaired) electrons. The van der Waals surface area contributed by atoms with Crippen LogP contribution >= 0.6 is 0 Å². The summed E-state index contributed by atoms with van der Waals surface area (Å²) in [6, 6.07) is 5.12. The molecule has 0 bridgehead atoms. The number of hydrogen-bond donors (Lipinski definition) is 3. The average molecular weight is 297 g/mol. The van der Waals surface area contributed by atoms with Gasteiger partial charge in [-0.15, -0.1) is 0 Å². The average Bonchev–Trinajstić information content (AvgIpc) is 2.80. The first-order valence-corrected chi connectivity index (χ1v) is 7.90. The van der Waals surface area contributed by atoms with Crippen molar-refractivity contribution in [3.8, 4) is 0 Å². The molecule has 6 nitrogen and oxygen atoms in total. The summed E-state index contributed by atoms with van der Waals surface area (Å²) in [5, 5.41) is 0.585. The molecule has 2 rings (SSSR count). The number of hydrogen-bond acceptors (Lipinski definition) is 4. The normalized spacial score (nSPS) is 13.7. The fraction of sp³-hybridized carbons (Fsp3) is 0.385. The van der Waals surface area contributed by atoms with Crippen LogP contribution in [-0.4, -0.2) is 32.7 Å². The van der Waals surface area contributed by atoms with Gasteiger partial charge in [-0.3, -0.25) is 0 Å². The van der Waals surface area contributed by atoms with Crippen LogP contribution in [0.1, 0.15) is 13.8 Å². The van der Waals surface area contributed by atoms with E-state index in [0.29, 0.717) is 17.7 Å². The fourth-order valence-corrected chi connectivity index (χ4v) is 3.27. The molecule has 1 atom stereocenters. The molecule has 0 aliphatic rings. The summed E-state index contributed by atoms with van der Waals surface area (Å²) in [7, 11) is -3.59. The van der Waals surface area contributed by atoms with E-state index < -0.39 is 10.0 Å². The smallest absolute Gasteiger partial charge is 0.242 e. The Morgan fingerprint density at radius 2 is 2.20 bits per heavy atom. The van der Waals surface area contributed by atoms with Crippen LogP contribution in [0.5, 0.6) is 0 Å². The molecule has 1 unspecified atom stereocenters. The number of nitrogens with one attached hydrogen (secondary N) is 2. The van der Waals surface area contributed by atoms with Gasteiger partial charge < -0.3 is 15.5 Å². The molecule has 0 aliphatic heterocycles. The highest BCUT2D eigenvalue weighted by Gasteiger charge is 2.19. The van der Waals surface area contributed by atoms with Crippen LogP contribution in [0.4, 0.5) is 5.69 Å². The molecule has 1 aromatic carbocycles. The Kier molecular flexibility index (Phi) is 4.32. The first-order valence-electron chi connectivity index (χ1n) is 6.42. The van der Waals surface area contributed by atoms with E-state index in [1.807, 2.05) is 13.8 Å². The Bertz CT molecular complexity index is 694. The molecule has 0 fully saturated rings. The van der Waals surface area contributed by atoms with E-state index in [-0.39, 0.29) is 17.5 Å². The molecule has 0 aliphatic carbocycles. The lowest BCUT2D eigenvalue weighted by Gasteiger charge is -2.12. The Morgan fingerprint density at radius 3 is 2.90 bits per heavy atom. The second-order valence-electron chi connectivity index (χ2n) is 4.58. The highest BCUT2D eigenvalue weighted by atomic mass is 32.2. The van der Waals surface area contributed by atoms with E-state index in [2.05, 4.69) is 9.71 Å². The van der Waals surface area contributed by atoms with Crippen molar-refractivity contribution in [1.82, 2.24) is 9.71 Å². The first-order chi connectivity index (χ1) is 9.44. The van der Waals surface area contributed by atoms with Gasteiger partial charge in [0.25, 0.3) is 0 Å². The van der Waals surface area contributed by atoms with Crippen LogP contribution < -0.4 is 10.5 Å². The van der Waals surface area contributed by atoms with Gasteiger partial charge >= 0.3 is 0 Å². The third kappa shape index (κ3) is 3.12. The number of anilines is 1. The van der Waals surface area contributed by atoms with Crippen LogP contribution in [0.25, 0.3) is 10.9 Å². The quantitative estimate of drug-likeness (QED) is 0.703. The molecule has 2 aromatic rings. The summed E-state index contributed by atoms with van der Waals surface area (Å²) >= 11 is 0. The summed E-state index contributed by atoms with van der Waals surface area (Å²) < 4.78 is 32.5. The lowest BCUT2D eigenvalue weighted by atomic mass is 10.2. The van der Waals surface area contributed by atoms with Gasteiger partial charge in [-0.05, 0) is 32.0 Å². The third-order valence-corrected chi connectivity index (χ3v) is 4.43. The first kappa shape index (κ1) is 14.8. The maximum atomic E-state index is 12.3. The van der Waals surface area contributed by atoms with Crippen LogP contribution in [-0.2, 0) is 14.8 Å². The molecule has 1 aromatic heterocycles. The second-order valence-corrected chi connectivity index (χ2v) is 6.31. The van der Waals surface area contributed by atoms with E-state index >= 15 is 0 Å². The minimum Gasteiger partial charge on any atom is -0.399 e. The monoisotopic (exact) mass is 297 g/mol. The highest BCUT2D eigenvalue weighted by molar-refractivity contribution is 7.89. The van der Waals surface area contributed by atoms with Gasteiger partial charge in [-0.2, -0.15) is 0 Å². The van der Waals surface area contributed by atoms with Gasteiger partial charge in [0, 0.05) is 35.9 Å². The zero-order valence-electron chi connectivity index (χ0n) is 11.5. The van der Waals surface area contributed by atoms with Gasteiger partial charge in [-0.1, -0.05) is 0 Å². The molecule has 0 spiro atoms. The third-order valence-electron chi connectivity index (χ3n) is 2.97. The number of aromatic amines is 1. The number of nitrogen functional groups attached to an aromatic ring is 1. The number of nitrogens with two attached hydrogens (primary N) is 1. The largest absolute Gasteiger partial charge is 0.399 e. The highest BCUT2D eigenvalue weighted by Crippen LogP contribution is 2.24. The Hall–Kier alpha value is -1.57. The lowest BCUT2D eigenvalue weighted by Crippen LogP contribution is -2.32. The molecule has 1 heterocycles. The van der Waals surface area contributed by atoms with E-state index in [1.54, 1.807) is 18.2 Å². The van der Waals surface area contributed by atoms with Crippen molar-refractivity contribution in [3.05, 3.63) is 24.4 Å². The van der Waals surface area contributed by atoms with Gasteiger partial charge in [0.2, 0.25) is 10.0 Å². The predicted molar refractivity (Wildman–Crippen MR) is 79.0 cm³/mol. The molecule has 0 amide bonds. The van der Waals surface area contributed by atoms with Crippen molar-refractivity contribution in [1.29, 1.82) is 0 Å².